The fourth-order valence-corrected chi connectivity index (χ4v) is 3.25. The molecule has 0 saturated heterocycles. The van der Waals surface area contributed by atoms with Crippen molar-refractivity contribution < 1.29 is 27.9 Å². The first-order valence-corrected chi connectivity index (χ1v) is 9.43. The lowest BCUT2D eigenvalue weighted by atomic mass is 10.1. The van der Waals surface area contributed by atoms with Gasteiger partial charge in [-0.1, -0.05) is 0 Å². The molecule has 0 saturated carbocycles. The van der Waals surface area contributed by atoms with Crippen molar-refractivity contribution in [2.24, 2.45) is 0 Å². The second-order valence-corrected chi connectivity index (χ2v) is 7.33. The predicted molar refractivity (Wildman–Crippen MR) is 94.7 cm³/mol. The van der Waals surface area contributed by atoms with Crippen LogP contribution in [0.1, 0.15) is 12.1 Å². The quantitative estimate of drug-likeness (QED) is 0.438. The minimum Gasteiger partial charge on any atom is -0.497 e. The molecule has 0 fully saturated rings. The highest BCUT2D eigenvalue weighted by atomic mass is 32.2. The van der Waals surface area contributed by atoms with Crippen molar-refractivity contribution in [3.63, 3.8) is 0 Å². The maximum absolute atomic E-state index is 12.2. The average molecular weight is 396 g/mol. The molecule has 1 aromatic heterocycles. The van der Waals surface area contributed by atoms with Gasteiger partial charge in [-0.05, 0) is 24.3 Å². The summed E-state index contributed by atoms with van der Waals surface area (Å²) in [6.45, 7) is -0.170. The Balaban J connectivity index is 1.85. The number of carboxylic acids is 1. The Morgan fingerprint density at radius 1 is 1.30 bits per heavy atom. The molecule has 0 bridgehead atoms. The first-order chi connectivity index (χ1) is 12.8. The molecule has 0 radical (unpaired) electrons. The Morgan fingerprint density at radius 2 is 2.00 bits per heavy atom. The fraction of sp³-hybridized carbons (Fsp3) is 0.312. The van der Waals surface area contributed by atoms with E-state index < -0.39 is 27.9 Å². The molecule has 10 nitrogen and oxygen atoms in total. The molecule has 2 aromatic rings. The summed E-state index contributed by atoms with van der Waals surface area (Å²) in [7, 11) is -2.31. The van der Waals surface area contributed by atoms with E-state index in [1.165, 1.54) is 43.9 Å². The van der Waals surface area contributed by atoms with Crippen molar-refractivity contribution in [2.45, 2.75) is 23.8 Å². The number of aromatic nitrogens is 2. The number of aliphatic carboxylic acids is 1. The highest BCUT2D eigenvalue weighted by Crippen LogP contribution is 2.15. The maximum Gasteiger partial charge on any atom is 0.326 e. The number of amides is 1. The Morgan fingerprint density at radius 3 is 2.56 bits per heavy atom. The number of methoxy groups -OCH3 is 1. The topological polar surface area (TPSA) is 150 Å². The number of ether oxygens (including phenoxy) is 1. The number of H-pyrrole nitrogens is 1. The molecule has 11 heteroatoms. The summed E-state index contributed by atoms with van der Waals surface area (Å²) in [6, 6.07) is 4.64. The molecule has 1 atom stereocenters. The van der Waals surface area contributed by atoms with Gasteiger partial charge in [-0.15, -0.1) is 0 Å². The molecule has 0 aliphatic rings. The summed E-state index contributed by atoms with van der Waals surface area (Å²) in [5.74, 6) is -1.26. The number of imidazole rings is 1. The van der Waals surface area contributed by atoms with Crippen LogP contribution in [0.15, 0.2) is 41.7 Å². The second-order valence-electron chi connectivity index (χ2n) is 5.56. The normalized spacial score (nSPS) is 12.3. The third-order valence-corrected chi connectivity index (χ3v) is 5.10. The first kappa shape index (κ1) is 20.4. The molecule has 0 aliphatic heterocycles. The van der Waals surface area contributed by atoms with E-state index >= 15 is 0 Å². The third kappa shape index (κ3) is 6.08. The van der Waals surface area contributed by atoms with Gasteiger partial charge in [0.15, 0.2) is 0 Å². The maximum atomic E-state index is 12.2. The number of nitrogens with one attached hydrogen (secondary N) is 3. The molecular weight excluding hydrogens is 376 g/mol. The lowest BCUT2D eigenvalue weighted by Gasteiger charge is -2.14. The summed E-state index contributed by atoms with van der Waals surface area (Å²) in [6.07, 6.45) is 2.70. The molecule has 2 rings (SSSR count). The Bertz CT molecular complexity index is 865. The molecule has 4 N–H and O–H groups in total. The van der Waals surface area contributed by atoms with Gasteiger partial charge in [-0.2, -0.15) is 0 Å². The van der Waals surface area contributed by atoms with Crippen LogP contribution in [-0.2, 0) is 26.0 Å². The number of benzene rings is 1. The van der Waals surface area contributed by atoms with Crippen LogP contribution < -0.4 is 14.8 Å². The largest absolute Gasteiger partial charge is 0.497 e. The van der Waals surface area contributed by atoms with Crippen molar-refractivity contribution in [1.29, 1.82) is 0 Å². The zero-order chi connectivity index (χ0) is 19.9. The monoisotopic (exact) mass is 396 g/mol. The Labute approximate surface area is 156 Å². The number of sulfonamides is 1. The van der Waals surface area contributed by atoms with Gasteiger partial charge in [-0.3, -0.25) is 4.79 Å². The van der Waals surface area contributed by atoms with Crippen LogP contribution >= 0.6 is 0 Å². The zero-order valence-corrected chi connectivity index (χ0v) is 15.3. The lowest BCUT2D eigenvalue weighted by molar-refractivity contribution is -0.141. The van der Waals surface area contributed by atoms with Crippen LogP contribution in [0.5, 0.6) is 5.75 Å². The fourth-order valence-electron chi connectivity index (χ4n) is 2.22. The molecule has 1 aromatic carbocycles. The van der Waals surface area contributed by atoms with Crippen LogP contribution in [0.2, 0.25) is 0 Å². The Kier molecular flexibility index (Phi) is 6.91. The Hall–Kier alpha value is -2.92. The van der Waals surface area contributed by atoms with Crippen LogP contribution in [0, 0.1) is 0 Å². The zero-order valence-electron chi connectivity index (χ0n) is 14.5. The number of aromatic amines is 1. The molecule has 1 heterocycles. The minimum atomic E-state index is -3.78. The van der Waals surface area contributed by atoms with Crippen molar-refractivity contribution in [3.05, 3.63) is 42.5 Å². The minimum absolute atomic E-state index is 0.0337. The number of nitrogens with zero attached hydrogens (tertiary/aromatic N) is 1. The molecule has 27 heavy (non-hydrogen) atoms. The van der Waals surface area contributed by atoms with Gasteiger partial charge in [0.1, 0.15) is 11.8 Å². The standard InChI is InChI=1S/C16H20N4O6S/c1-26-12-2-4-13(5-3-12)27(24,25)19-7-6-15(21)20-14(16(22)23)8-11-9-17-10-18-11/h2-5,9-10,14,19H,6-8H2,1H3,(H,17,18)(H,20,21)(H,22,23). The average Bonchev–Trinajstić information content (AvgIpc) is 3.14. The predicted octanol–water partition coefficient (Wildman–Crippen LogP) is -0.101. The van der Waals surface area contributed by atoms with Gasteiger partial charge in [0.05, 0.1) is 18.3 Å². The van der Waals surface area contributed by atoms with Crippen molar-refractivity contribution in [1.82, 2.24) is 20.0 Å². The van der Waals surface area contributed by atoms with E-state index in [2.05, 4.69) is 20.0 Å². The van der Waals surface area contributed by atoms with Crippen LogP contribution in [0.3, 0.4) is 0 Å². The van der Waals surface area contributed by atoms with E-state index in [0.29, 0.717) is 11.4 Å². The van der Waals surface area contributed by atoms with Gasteiger partial charge >= 0.3 is 5.97 Å². The number of carbonyl (C=O) groups excluding carboxylic acids is 1. The van der Waals surface area contributed by atoms with E-state index in [9.17, 15) is 23.1 Å². The first-order valence-electron chi connectivity index (χ1n) is 7.95. The molecule has 1 unspecified atom stereocenters. The van der Waals surface area contributed by atoms with Gasteiger partial charge in [0.2, 0.25) is 15.9 Å². The molecule has 146 valence electrons. The smallest absolute Gasteiger partial charge is 0.326 e. The molecule has 1 amide bonds. The highest BCUT2D eigenvalue weighted by Gasteiger charge is 2.21. The third-order valence-electron chi connectivity index (χ3n) is 3.63. The van der Waals surface area contributed by atoms with Crippen molar-refractivity contribution >= 4 is 21.9 Å². The van der Waals surface area contributed by atoms with Gasteiger partial charge in [0.25, 0.3) is 0 Å². The lowest BCUT2D eigenvalue weighted by Crippen LogP contribution is -2.43. The van der Waals surface area contributed by atoms with E-state index in [1.807, 2.05) is 0 Å². The van der Waals surface area contributed by atoms with Crippen LogP contribution in [0.4, 0.5) is 0 Å². The van der Waals surface area contributed by atoms with E-state index in [-0.39, 0.29) is 24.3 Å². The molecule has 0 spiro atoms. The number of hydrogen-bond donors (Lipinski definition) is 4. The summed E-state index contributed by atoms with van der Waals surface area (Å²) in [5.41, 5.74) is 0.558. The summed E-state index contributed by atoms with van der Waals surface area (Å²) in [5, 5.41) is 11.6. The highest BCUT2D eigenvalue weighted by molar-refractivity contribution is 7.89. The van der Waals surface area contributed by atoms with Crippen LogP contribution in [0.25, 0.3) is 0 Å². The number of hydrogen-bond acceptors (Lipinski definition) is 6. The van der Waals surface area contributed by atoms with E-state index in [0.717, 1.165) is 0 Å². The summed E-state index contributed by atoms with van der Waals surface area (Å²) < 4.78 is 31.6. The number of carbonyl (C=O) groups is 2. The molecule has 0 aliphatic carbocycles. The molecular formula is C16H20N4O6S. The summed E-state index contributed by atoms with van der Waals surface area (Å²) in [4.78, 5) is 29.8. The van der Waals surface area contributed by atoms with E-state index in [4.69, 9.17) is 4.74 Å². The van der Waals surface area contributed by atoms with Crippen molar-refractivity contribution in [2.75, 3.05) is 13.7 Å². The summed E-state index contributed by atoms with van der Waals surface area (Å²) >= 11 is 0. The number of carboxylic acid groups (broad SMARTS) is 1. The van der Waals surface area contributed by atoms with Gasteiger partial charge in [-0.25, -0.2) is 22.9 Å². The van der Waals surface area contributed by atoms with Gasteiger partial charge < -0.3 is 20.1 Å². The van der Waals surface area contributed by atoms with Crippen LogP contribution in [-0.4, -0.2) is 55.1 Å². The van der Waals surface area contributed by atoms with E-state index in [1.54, 1.807) is 0 Å². The SMILES string of the molecule is COc1ccc(S(=O)(=O)NCCC(=O)NC(Cc2cnc[nH]2)C(=O)O)cc1. The second kappa shape index (κ2) is 9.14. The van der Waals surface area contributed by atoms with Crippen molar-refractivity contribution in [3.8, 4) is 5.75 Å². The van der Waals surface area contributed by atoms with Gasteiger partial charge in [0, 0.05) is 31.3 Å². The number of rotatable bonds is 10.